The number of nitrogens with one attached hydrogen (secondary N) is 1. The normalized spacial score (nSPS) is 18.2. The Morgan fingerprint density at radius 3 is 2.81 bits per heavy atom. The summed E-state index contributed by atoms with van der Waals surface area (Å²) < 4.78 is 13.2. The highest BCUT2D eigenvalue weighted by molar-refractivity contribution is 6.31. The molecule has 1 aromatic carbocycles. The molecule has 0 aliphatic heterocycles. The summed E-state index contributed by atoms with van der Waals surface area (Å²) in [6, 6.07) is 4.95. The second kappa shape index (κ2) is 4.72. The van der Waals surface area contributed by atoms with Crippen molar-refractivity contribution < 1.29 is 4.39 Å². The number of halogens is 2. The van der Waals surface area contributed by atoms with Crippen LogP contribution in [0.1, 0.15) is 31.7 Å². The van der Waals surface area contributed by atoms with Gasteiger partial charge in [-0.15, -0.1) is 0 Å². The summed E-state index contributed by atoms with van der Waals surface area (Å²) in [5, 5.41) is 3.61. The van der Waals surface area contributed by atoms with Gasteiger partial charge in [0.1, 0.15) is 5.82 Å². The fourth-order valence-corrected chi connectivity index (χ4v) is 2.33. The van der Waals surface area contributed by atoms with Crippen LogP contribution in [0.2, 0.25) is 5.02 Å². The van der Waals surface area contributed by atoms with Gasteiger partial charge in [-0.25, -0.2) is 4.39 Å². The molecule has 16 heavy (non-hydrogen) atoms. The average molecular weight is 242 g/mol. The van der Waals surface area contributed by atoms with Gasteiger partial charge in [0.2, 0.25) is 0 Å². The lowest BCUT2D eigenvalue weighted by Gasteiger charge is -2.38. The van der Waals surface area contributed by atoms with E-state index in [0.29, 0.717) is 12.0 Å². The predicted molar refractivity (Wildman–Crippen MR) is 65.1 cm³/mol. The van der Waals surface area contributed by atoms with E-state index in [1.165, 1.54) is 25.3 Å². The Labute approximate surface area is 101 Å². The third kappa shape index (κ3) is 2.55. The molecule has 0 unspecified atom stereocenters. The first-order valence-electron chi connectivity index (χ1n) is 5.74. The van der Waals surface area contributed by atoms with Crippen molar-refractivity contribution in [1.29, 1.82) is 0 Å². The summed E-state index contributed by atoms with van der Waals surface area (Å²) in [7, 11) is 0. The van der Waals surface area contributed by atoms with Gasteiger partial charge in [0.05, 0.1) is 5.02 Å². The minimum absolute atomic E-state index is 0.244. The zero-order valence-electron chi connectivity index (χ0n) is 9.52. The monoisotopic (exact) mass is 241 g/mol. The molecule has 1 aliphatic rings. The van der Waals surface area contributed by atoms with Crippen LogP contribution in [0, 0.1) is 11.2 Å². The maximum Gasteiger partial charge on any atom is 0.142 e. The van der Waals surface area contributed by atoms with Crippen molar-refractivity contribution in [2.24, 2.45) is 5.41 Å². The number of benzene rings is 1. The molecule has 1 aliphatic carbocycles. The van der Waals surface area contributed by atoms with Crippen LogP contribution in [0.25, 0.3) is 0 Å². The maximum absolute atomic E-state index is 13.2. The van der Waals surface area contributed by atoms with E-state index in [-0.39, 0.29) is 10.8 Å². The van der Waals surface area contributed by atoms with Crippen molar-refractivity contribution in [3.8, 4) is 0 Å². The minimum Gasteiger partial charge on any atom is -0.312 e. The summed E-state index contributed by atoms with van der Waals surface area (Å²) in [4.78, 5) is 0. The van der Waals surface area contributed by atoms with Gasteiger partial charge >= 0.3 is 0 Å². The van der Waals surface area contributed by atoms with Crippen molar-refractivity contribution in [2.45, 2.75) is 32.7 Å². The third-order valence-corrected chi connectivity index (χ3v) is 3.88. The summed E-state index contributed by atoms with van der Waals surface area (Å²) in [6.45, 7) is 3.92. The lowest BCUT2D eigenvalue weighted by atomic mass is 9.70. The standard InChI is InChI=1S/C13H17ClFN/c1-13(6-3-7-13)9-16-8-10-4-2-5-11(15)12(10)14/h2,4-5,16H,3,6-9H2,1H3. The fraction of sp³-hybridized carbons (Fsp3) is 0.538. The molecule has 1 fully saturated rings. The van der Waals surface area contributed by atoms with E-state index < -0.39 is 0 Å². The lowest BCUT2D eigenvalue weighted by molar-refractivity contribution is 0.156. The van der Waals surface area contributed by atoms with Gasteiger partial charge in [-0.2, -0.15) is 0 Å². The van der Waals surface area contributed by atoms with Crippen LogP contribution >= 0.6 is 11.6 Å². The van der Waals surface area contributed by atoms with E-state index >= 15 is 0 Å². The maximum atomic E-state index is 13.2. The Morgan fingerprint density at radius 1 is 1.44 bits per heavy atom. The van der Waals surface area contributed by atoms with Crippen molar-refractivity contribution >= 4 is 11.6 Å². The molecule has 0 atom stereocenters. The molecule has 0 radical (unpaired) electrons. The molecule has 1 nitrogen and oxygen atoms in total. The third-order valence-electron chi connectivity index (χ3n) is 3.46. The Balaban J connectivity index is 1.87. The molecule has 1 aromatic rings. The molecule has 1 saturated carbocycles. The lowest BCUT2D eigenvalue weighted by Crippen LogP contribution is -2.37. The van der Waals surface area contributed by atoms with Crippen LogP contribution in [-0.4, -0.2) is 6.54 Å². The van der Waals surface area contributed by atoms with Gasteiger partial charge in [-0.1, -0.05) is 37.1 Å². The van der Waals surface area contributed by atoms with Gasteiger partial charge < -0.3 is 5.32 Å². The van der Waals surface area contributed by atoms with Crippen LogP contribution in [0.5, 0.6) is 0 Å². The van der Waals surface area contributed by atoms with Crippen LogP contribution in [0.4, 0.5) is 4.39 Å². The van der Waals surface area contributed by atoms with Crippen molar-refractivity contribution in [3.05, 3.63) is 34.6 Å². The van der Waals surface area contributed by atoms with E-state index in [2.05, 4.69) is 12.2 Å². The highest BCUT2D eigenvalue weighted by Crippen LogP contribution is 2.39. The highest BCUT2D eigenvalue weighted by Gasteiger charge is 2.30. The van der Waals surface area contributed by atoms with E-state index in [9.17, 15) is 4.39 Å². The predicted octanol–water partition coefficient (Wildman–Crippen LogP) is 3.76. The zero-order chi connectivity index (χ0) is 11.6. The van der Waals surface area contributed by atoms with E-state index in [0.717, 1.165) is 12.1 Å². The Kier molecular flexibility index (Phi) is 3.50. The first kappa shape index (κ1) is 11.9. The molecular weight excluding hydrogens is 225 g/mol. The van der Waals surface area contributed by atoms with E-state index in [1.54, 1.807) is 6.07 Å². The van der Waals surface area contributed by atoms with Crippen LogP contribution in [-0.2, 0) is 6.54 Å². The molecule has 0 heterocycles. The second-order valence-corrected chi connectivity index (χ2v) is 5.36. The number of rotatable bonds is 4. The SMILES string of the molecule is CC1(CNCc2cccc(F)c2Cl)CCC1. The molecule has 0 saturated heterocycles. The second-order valence-electron chi connectivity index (χ2n) is 4.98. The van der Waals surface area contributed by atoms with E-state index in [1.807, 2.05) is 6.07 Å². The van der Waals surface area contributed by atoms with Crippen LogP contribution in [0.3, 0.4) is 0 Å². The summed E-state index contributed by atoms with van der Waals surface area (Å²) in [5.41, 5.74) is 1.28. The Hall–Kier alpha value is -0.600. The molecule has 0 amide bonds. The van der Waals surface area contributed by atoms with Crippen molar-refractivity contribution in [3.63, 3.8) is 0 Å². The molecule has 2 rings (SSSR count). The number of hydrogen-bond acceptors (Lipinski definition) is 1. The van der Waals surface area contributed by atoms with Gasteiger partial charge in [0, 0.05) is 13.1 Å². The Morgan fingerprint density at radius 2 is 2.19 bits per heavy atom. The Bertz CT molecular complexity index is 374. The minimum atomic E-state index is -0.337. The van der Waals surface area contributed by atoms with Crippen molar-refractivity contribution in [1.82, 2.24) is 5.32 Å². The first-order valence-corrected chi connectivity index (χ1v) is 6.12. The van der Waals surface area contributed by atoms with Gasteiger partial charge in [0.15, 0.2) is 0 Å². The van der Waals surface area contributed by atoms with Gasteiger partial charge in [-0.05, 0) is 29.9 Å². The van der Waals surface area contributed by atoms with E-state index in [4.69, 9.17) is 11.6 Å². The fourth-order valence-electron chi connectivity index (χ4n) is 2.14. The van der Waals surface area contributed by atoms with Gasteiger partial charge in [-0.3, -0.25) is 0 Å². The van der Waals surface area contributed by atoms with Gasteiger partial charge in [0.25, 0.3) is 0 Å². The topological polar surface area (TPSA) is 12.0 Å². The smallest absolute Gasteiger partial charge is 0.142 e. The molecule has 3 heteroatoms. The summed E-state index contributed by atoms with van der Waals surface area (Å²) >= 11 is 5.88. The molecule has 0 aromatic heterocycles. The average Bonchev–Trinajstić information content (AvgIpc) is 2.22. The molecule has 0 spiro atoms. The molecule has 1 N–H and O–H groups in total. The summed E-state index contributed by atoms with van der Waals surface area (Å²) in [5.74, 6) is -0.337. The zero-order valence-corrected chi connectivity index (χ0v) is 10.3. The number of hydrogen-bond donors (Lipinski definition) is 1. The van der Waals surface area contributed by atoms with Crippen molar-refractivity contribution in [2.75, 3.05) is 6.54 Å². The molecule has 88 valence electrons. The molecular formula is C13H17ClFN. The summed E-state index contributed by atoms with van der Waals surface area (Å²) in [6.07, 6.45) is 3.91. The molecule has 0 bridgehead atoms. The first-order chi connectivity index (χ1) is 7.61. The largest absolute Gasteiger partial charge is 0.312 e. The van der Waals surface area contributed by atoms with Crippen LogP contribution in [0.15, 0.2) is 18.2 Å². The highest BCUT2D eigenvalue weighted by atomic mass is 35.5. The quantitative estimate of drug-likeness (QED) is 0.847. The van der Waals surface area contributed by atoms with Crippen LogP contribution < -0.4 is 5.32 Å².